The Morgan fingerprint density at radius 3 is 2.60 bits per heavy atom. The van der Waals surface area contributed by atoms with Crippen LogP contribution in [0.5, 0.6) is 0 Å². The van der Waals surface area contributed by atoms with Gasteiger partial charge < -0.3 is 20.7 Å². The molecule has 0 aromatic rings. The largest absolute Gasteiger partial charge is 0.468 e. The van der Waals surface area contributed by atoms with Crippen LogP contribution < -0.4 is 16.0 Å². The molecule has 0 spiro atoms. The number of carbonyl (C=O) groups is 2. The molecule has 3 N–H and O–H groups in total. The van der Waals surface area contributed by atoms with E-state index in [-0.39, 0.29) is 12.1 Å². The first-order valence-corrected chi connectivity index (χ1v) is 8.55. The Bertz CT molecular complexity index is 675. The van der Waals surface area contributed by atoms with Crippen LogP contribution in [-0.4, -0.2) is 32.6 Å². The zero-order chi connectivity index (χ0) is 19.0. The minimum absolute atomic E-state index is 0.165. The van der Waals surface area contributed by atoms with Crippen molar-refractivity contribution in [2.75, 3.05) is 20.7 Å². The molecule has 0 heterocycles. The average Bonchev–Trinajstić information content (AvgIpc) is 2.62. The third-order valence-electron chi connectivity index (χ3n) is 3.66. The highest BCUT2D eigenvalue weighted by Crippen LogP contribution is 2.24. The van der Waals surface area contributed by atoms with Crippen molar-refractivity contribution in [1.82, 2.24) is 16.0 Å². The lowest BCUT2D eigenvalue weighted by atomic mass is 9.97. The first-order chi connectivity index (χ1) is 11.8. The number of esters is 1. The van der Waals surface area contributed by atoms with Crippen molar-refractivity contribution in [3.8, 4) is 0 Å². The van der Waals surface area contributed by atoms with E-state index in [4.69, 9.17) is 0 Å². The summed E-state index contributed by atoms with van der Waals surface area (Å²) in [5.74, 6) is -0.471. The molecule has 0 radical (unpaired) electrons. The Hall–Kier alpha value is -2.28. The van der Waals surface area contributed by atoms with Crippen molar-refractivity contribution >= 4 is 27.8 Å². The smallest absolute Gasteiger partial charge is 0.325 e. The van der Waals surface area contributed by atoms with E-state index in [1.165, 1.54) is 12.7 Å². The maximum absolute atomic E-state index is 12.1. The normalized spacial score (nSPS) is 14.4. The number of nitrogens with one attached hydrogen (secondary N) is 3. The molecule has 1 aliphatic rings. The standard InChI is InChI=1S/C18H24BrN3O3/c1-11-8-6-7-9-14(11)13(3)22-17(20-4)16(19)12(2)18(24)21-10-15(23)25-5/h7,9,20,22H,2-3,6,8,10H2,1,4-5H3,(H,21,24)/b17-16-. The van der Waals surface area contributed by atoms with Crippen LogP contribution in [0.1, 0.15) is 19.8 Å². The molecule has 0 saturated heterocycles. The summed E-state index contributed by atoms with van der Waals surface area (Å²) in [4.78, 5) is 23.2. The van der Waals surface area contributed by atoms with Gasteiger partial charge in [0.1, 0.15) is 12.4 Å². The number of hydrogen-bond donors (Lipinski definition) is 3. The molecule has 0 bridgehead atoms. The van der Waals surface area contributed by atoms with Gasteiger partial charge in [0.25, 0.3) is 5.91 Å². The molecule has 0 unspecified atom stereocenters. The summed E-state index contributed by atoms with van der Waals surface area (Å²) in [6, 6.07) is 0. The molecule has 0 saturated carbocycles. The first kappa shape index (κ1) is 20.8. The molecule has 0 fully saturated rings. The van der Waals surface area contributed by atoms with E-state index < -0.39 is 11.9 Å². The first-order valence-electron chi connectivity index (χ1n) is 7.76. The molecule has 25 heavy (non-hydrogen) atoms. The van der Waals surface area contributed by atoms with Crippen LogP contribution in [0.2, 0.25) is 0 Å². The maximum atomic E-state index is 12.1. The lowest BCUT2D eigenvalue weighted by Crippen LogP contribution is -2.32. The van der Waals surface area contributed by atoms with Gasteiger partial charge in [-0.15, -0.1) is 0 Å². The quantitative estimate of drug-likeness (QED) is 0.325. The zero-order valence-corrected chi connectivity index (χ0v) is 16.4. The zero-order valence-electron chi connectivity index (χ0n) is 14.8. The predicted molar refractivity (Wildman–Crippen MR) is 103 cm³/mol. The second-order valence-electron chi connectivity index (χ2n) is 5.41. The van der Waals surface area contributed by atoms with Crippen LogP contribution in [0.25, 0.3) is 0 Å². The van der Waals surface area contributed by atoms with Crippen LogP contribution in [0, 0.1) is 0 Å². The summed E-state index contributed by atoms with van der Waals surface area (Å²) in [7, 11) is 2.97. The Balaban J connectivity index is 2.86. The second-order valence-corrected chi connectivity index (χ2v) is 6.21. The van der Waals surface area contributed by atoms with E-state index >= 15 is 0 Å². The molecule has 0 aromatic carbocycles. The lowest BCUT2D eigenvalue weighted by molar-refractivity contribution is -0.140. The summed E-state index contributed by atoms with van der Waals surface area (Å²) in [5, 5.41) is 8.59. The SMILES string of the molecule is C=C(N/C(NC)=C(\Br)C(=C)C(=O)NCC(=O)OC)C1=C(C)CCC=C1. The third kappa shape index (κ3) is 5.94. The molecule has 7 heteroatoms. The van der Waals surface area contributed by atoms with Crippen LogP contribution >= 0.6 is 15.9 Å². The molecule has 0 aliphatic heterocycles. The van der Waals surface area contributed by atoms with E-state index in [1.807, 2.05) is 6.08 Å². The van der Waals surface area contributed by atoms with Gasteiger partial charge in [0, 0.05) is 12.7 Å². The Morgan fingerprint density at radius 2 is 2.04 bits per heavy atom. The van der Waals surface area contributed by atoms with E-state index in [1.54, 1.807) is 7.05 Å². The molecule has 6 nitrogen and oxygen atoms in total. The van der Waals surface area contributed by atoms with Crippen molar-refractivity contribution in [3.63, 3.8) is 0 Å². The van der Waals surface area contributed by atoms with Crippen molar-refractivity contribution in [3.05, 3.63) is 58.0 Å². The number of amides is 1. The van der Waals surface area contributed by atoms with E-state index in [2.05, 4.69) is 62.8 Å². The highest BCUT2D eigenvalue weighted by atomic mass is 79.9. The number of hydrogen-bond acceptors (Lipinski definition) is 5. The van der Waals surface area contributed by atoms with Crippen molar-refractivity contribution in [1.29, 1.82) is 0 Å². The molecular formula is C18H24BrN3O3. The van der Waals surface area contributed by atoms with Gasteiger partial charge in [-0.1, -0.05) is 30.9 Å². The van der Waals surface area contributed by atoms with Gasteiger partial charge in [0.05, 0.1) is 17.2 Å². The predicted octanol–water partition coefficient (Wildman–Crippen LogP) is 2.39. The summed E-state index contributed by atoms with van der Waals surface area (Å²) in [6.07, 6.45) is 6.16. The third-order valence-corrected chi connectivity index (χ3v) is 4.54. The van der Waals surface area contributed by atoms with E-state index in [9.17, 15) is 9.59 Å². The van der Waals surface area contributed by atoms with E-state index in [0.29, 0.717) is 10.3 Å². The summed E-state index contributed by atoms with van der Waals surface area (Å²) < 4.78 is 4.93. The number of ether oxygens (including phenoxy) is 1. The molecule has 1 amide bonds. The van der Waals surface area contributed by atoms with Crippen LogP contribution in [0.4, 0.5) is 0 Å². The van der Waals surface area contributed by atoms with Gasteiger partial charge in [-0.2, -0.15) is 0 Å². The number of allylic oxidation sites excluding steroid dienone is 3. The Morgan fingerprint density at radius 1 is 1.36 bits per heavy atom. The van der Waals surface area contributed by atoms with Gasteiger partial charge in [0.2, 0.25) is 0 Å². The second kappa shape index (κ2) is 9.88. The Labute approximate surface area is 156 Å². The van der Waals surface area contributed by atoms with Gasteiger partial charge in [-0.3, -0.25) is 9.59 Å². The summed E-state index contributed by atoms with van der Waals surface area (Å²) >= 11 is 3.37. The fourth-order valence-electron chi connectivity index (χ4n) is 2.16. The van der Waals surface area contributed by atoms with Crippen LogP contribution in [0.3, 0.4) is 0 Å². The highest BCUT2D eigenvalue weighted by Gasteiger charge is 2.17. The minimum atomic E-state index is -0.534. The monoisotopic (exact) mass is 409 g/mol. The van der Waals surface area contributed by atoms with Crippen LogP contribution in [0.15, 0.2) is 58.0 Å². The minimum Gasteiger partial charge on any atom is -0.468 e. The van der Waals surface area contributed by atoms with Gasteiger partial charge in [0.15, 0.2) is 0 Å². The fraction of sp³-hybridized carbons (Fsp3) is 0.333. The number of rotatable bonds is 8. The van der Waals surface area contributed by atoms with Gasteiger partial charge >= 0.3 is 5.97 Å². The topological polar surface area (TPSA) is 79.5 Å². The van der Waals surface area contributed by atoms with Gasteiger partial charge in [-0.05, 0) is 41.3 Å². The van der Waals surface area contributed by atoms with Crippen LogP contribution in [-0.2, 0) is 14.3 Å². The Kier molecular flexibility index (Phi) is 8.21. The maximum Gasteiger partial charge on any atom is 0.325 e. The molecule has 136 valence electrons. The van der Waals surface area contributed by atoms with Gasteiger partial charge in [-0.25, -0.2) is 0 Å². The number of carbonyl (C=O) groups excluding carboxylic acids is 2. The number of halogens is 1. The van der Waals surface area contributed by atoms with E-state index in [0.717, 1.165) is 24.1 Å². The van der Waals surface area contributed by atoms with Crippen molar-refractivity contribution in [2.45, 2.75) is 19.8 Å². The molecule has 1 rings (SSSR count). The molecule has 0 atom stereocenters. The lowest BCUT2D eigenvalue weighted by Gasteiger charge is -2.20. The average molecular weight is 410 g/mol. The molecule has 1 aliphatic carbocycles. The molecular weight excluding hydrogens is 386 g/mol. The summed E-state index contributed by atoms with van der Waals surface area (Å²) in [6.45, 7) is 9.67. The molecule has 0 aromatic heterocycles. The summed E-state index contributed by atoms with van der Waals surface area (Å²) in [5.41, 5.74) is 3.18. The van der Waals surface area contributed by atoms with Crippen molar-refractivity contribution < 1.29 is 14.3 Å². The van der Waals surface area contributed by atoms with Crippen molar-refractivity contribution in [2.24, 2.45) is 0 Å². The highest BCUT2D eigenvalue weighted by molar-refractivity contribution is 9.12. The number of methoxy groups -OCH3 is 1. The fourth-order valence-corrected chi connectivity index (χ4v) is 2.64.